The van der Waals surface area contributed by atoms with Crippen molar-refractivity contribution < 1.29 is 4.79 Å². The van der Waals surface area contributed by atoms with Crippen LogP contribution in [0, 0.1) is 0 Å². The van der Waals surface area contributed by atoms with Crippen LogP contribution in [-0.4, -0.2) is 37.5 Å². The fraction of sp³-hybridized carbons (Fsp3) is 0.462. The molecule has 0 fully saturated rings. The molecule has 1 aromatic carbocycles. The Morgan fingerprint density at radius 3 is 2.18 bits per heavy atom. The highest BCUT2D eigenvalue weighted by Crippen LogP contribution is 2.14. The molecule has 0 atom stereocenters. The molecule has 0 saturated carbocycles. The number of benzene rings is 1. The highest BCUT2D eigenvalue weighted by Gasteiger charge is 2.03. The maximum atomic E-state index is 11.5. The predicted molar refractivity (Wildman–Crippen MR) is 72.4 cm³/mol. The molecule has 4 heteroatoms. The van der Waals surface area contributed by atoms with Crippen molar-refractivity contribution in [2.24, 2.45) is 0 Å². The van der Waals surface area contributed by atoms with Gasteiger partial charge in [-0.05, 0) is 52.2 Å². The average Bonchev–Trinajstić information content (AvgIpc) is 2.18. The van der Waals surface area contributed by atoms with E-state index in [0.717, 1.165) is 11.4 Å². The Bertz CT molecular complexity index is 357. The van der Waals surface area contributed by atoms with Crippen molar-refractivity contribution in [1.29, 1.82) is 0 Å². The van der Waals surface area contributed by atoms with Crippen molar-refractivity contribution in [2.45, 2.75) is 19.9 Å². The number of carbonyl (C=O) groups is 1. The Morgan fingerprint density at radius 1 is 1.18 bits per heavy atom. The summed E-state index contributed by atoms with van der Waals surface area (Å²) in [6, 6.07) is 8.14. The van der Waals surface area contributed by atoms with Gasteiger partial charge in [-0.3, -0.25) is 4.79 Å². The first-order valence-electron chi connectivity index (χ1n) is 5.78. The van der Waals surface area contributed by atoms with E-state index in [-0.39, 0.29) is 5.91 Å². The van der Waals surface area contributed by atoms with E-state index in [2.05, 4.69) is 24.5 Å². The van der Waals surface area contributed by atoms with E-state index in [0.29, 0.717) is 12.6 Å². The maximum Gasteiger partial charge on any atom is 0.238 e. The summed E-state index contributed by atoms with van der Waals surface area (Å²) >= 11 is 0. The Hall–Kier alpha value is -1.55. The average molecular weight is 235 g/mol. The van der Waals surface area contributed by atoms with Crippen molar-refractivity contribution in [1.82, 2.24) is 4.90 Å². The number of likely N-dealkylation sites (N-methyl/N-ethyl adjacent to an activating group) is 1. The number of rotatable bonds is 5. The second kappa shape index (κ2) is 6.25. The number of nitrogens with zero attached hydrogens (tertiary/aromatic N) is 1. The van der Waals surface area contributed by atoms with Gasteiger partial charge in [-0.15, -0.1) is 0 Å². The maximum absolute atomic E-state index is 11.5. The molecule has 0 aliphatic carbocycles. The molecule has 0 saturated heterocycles. The zero-order valence-electron chi connectivity index (χ0n) is 10.9. The summed E-state index contributed by atoms with van der Waals surface area (Å²) in [6.45, 7) is 4.57. The lowest BCUT2D eigenvalue weighted by atomic mass is 10.2. The van der Waals surface area contributed by atoms with Crippen LogP contribution in [0.3, 0.4) is 0 Å². The minimum atomic E-state index is -0.000399. The van der Waals surface area contributed by atoms with Gasteiger partial charge >= 0.3 is 0 Å². The monoisotopic (exact) mass is 235 g/mol. The summed E-state index contributed by atoms with van der Waals surface area (Å²) in [5.41, 5.74) is 1.89. The van der Waals surface area contributed by atoms with Crippen molar-refractivity contribution >= 4 is 17.3 Å². The van der Waals surface area contributed by atoms with Gasteiger partial charge in [0, 0.05) is 17.4 Å². The largest absolute Gasteiger partial charge is 0.383 e. The standard InChI is InChI=1S/C13H21N3O/c1-10(2)14-11-5-7-12(8-6-11)15-13(17)9-16(3)4/h5-8,10,14H,9H2,1-4H3,(H,15,17). The minimum absolute atomic E-state index is 0.000399. The minimum Gasteiger partial charge on any atom is -0.383 e. The molecule has 0 spiro atoms. The van der Waals surface area contributed by atoms with Crippen molar-refractivity contribution in [2.75, 3.05) is 31.3 Å². The summed E-state index contributed by atoms with van der Waals surface area (Å²) in [7, 11) is 3.74. The van der Waals surface area contributed by atoms with Crippen LogP contribution in [0.25, 0.3) is 0 Å². The molecule has 0 radical (unpaired) electrons. The van der Waals surface area contributed by atoms with Crippen LogP contribution in [-0.2, 0) is 4.79 Å². The molecule has 1 rings (SSSR count). The molecule has 4 nitrogen and oxygen atoms in total. The number of nitrogens with one attached hydrogen (secondary N) is 2. The molecule has 1 amide bonds. The summed E-state index contributed by atoms with van der Waals surface area (Å²) in [5, 5.41) is 6.14. The third kappa shape index (κ3) is 5.36. The van der Waals surface area contributed by atoms with Gasteiger partial charge in [-0.25, -0.2) is 0 Å². The summed E-state index contributed by atoms with van der Waals surface area (Å²) in [5.74, 6) is -0.000399. The lowest BCUT2D eigenvalue weighted by molar-refractivity contribution is -0.116. The molecule has 0 unspecified atom stereocenters. The first kappa shape index (κ1) is 13.5. The van der Waals surface area contributed by atoms with E-state index in [1.807, 2.05) is 43.3 Å². The Kier molecular flexibility index (Phi) is 4.97. The topological polar surface area (TPSA) is 44.4 Å². The van der Waals surface area contributed by atoms with Gasteiger partial charge in [0.25, 0.3) is 0 Å². The van der Waals surface area contributed by atoms with Crippen LogP contribution in [0.5, 0.6) is 0 Å². The van der Waals surface area contributed by atoms with Gasteiger partial charge in [0.1, 0.15) is 0 Å². The SMILES string of the molecule is CC(C)Nc1ccc(NC(=O)CN(C)C)cc1. The Labute approximate surface area is 103 Å². The second-order valence-electron chi connectivity index (χ2n) is 4.66. The number of hydrogen-bond donors (Lipinski definition) is 2. The molecule has 2 N–H and O–H groups in total. The molecular formula is C13H21N3O. The Morgan fingerprint density at radius 2 is 1.71 bits per heavy atom. The van der Waals surface area contributed by atoms with Gasteiger partial charge in [0.15, 0.2) is 0 Å². The smallest absolute Gasteiger partial charge is 0.238 e. The zero-order chi connectivity index (χ0) is 12.8. The lowest BCUT2D eigenvalue weighted by Gasteiger charge is -2.12. The molecule has 1 aromatic rings. The van der Waals surface area contributed by atoms with Gasteiger partial charge in [-0.1, -0.05) is 0 Å². The number of carbonyl (C=O) groups excluding carboxylic acids is 1. The van der Waals surface area contributed by atoms with Crippen LogP contribution in [0.2, 0.25) is 0 Å². The molecule has 17 heavy (non-hydrogen) atoms. The van der Waals surface area contributed by atoms with Crippen LogP contribution in [0.4, 0.5) is 11.4 Å². The predicted octanol–water partition coefficient (Wildman–Crippen LogP) is 2.01. The van der Waals surface area contributed by atoms with E-state index >= 15 is 0 Å². The molecule has 0 aromatic heterocycles. The third-order valence-corrected chi connectivity index (χ3v) is 2.08. The van der Waals surface area contributed by atoms with Crippen LogP contribution >= 0.6 is 0 Å². The number of amides is 1. The van der Waals surface area contributed by atoms with E-state index in [1.54, 1.807) is 0 Å². The molecule has 0 aliphatic rings. The number of hydrogen-bond acceptors (Lipinski definition) is 3. The third-order valence-electron chi connectivity index (χ3n) is 2.08. The molecule has 0 heterocycles. The van der Waals surface area contributed by atoms with Crippen molar-refractivity contribution in [3.63, 3.8) is 0 Å². The summed E-state index contributed by atoms with van der Waals surface area (Å²) in [4.78, 5) is 13.4. The molecule has 0 aliphatic heterocycles. The van der Waals surface area contributed by atoms with Gasteiger partial charge in [0.05, 0.1) is 6.54 Å². The molecule has 0 bridgehead atoms. The molecular weight excluding hydrogens is 214 g/mol. The van der Waals surface area contributed by atoms with Crippen molar-refractivity contribution in [3.8, 4) is 0 Å². The summed E-state index contributed by atoms with van der Waals surface area (Å²) in [6.07, 6.45) is 0. The Balaban J connectivity index is 2.53. The fourth-order valence-corrected chi connectivity index (χ4v) is 1.47. The highest BCUT2D eigenvalue weighted by molar-refractivity contribution is 5.92. The summed E-state index contributed by atoms with van der Waals surface area (Å²) < 4.78 is 0. The van der Waals surface area contributed by atoms with Gasteiger partial charge in [-0.2, -0.15) is 0 Å². The number of anilines is 2. The van der Waals surface area contributed by atoms with Gasteiger partial charge < -0.3 is 15.5 Å². The van der Waals surface area contributed by atoms with E-state index in [4.69, 9.17) is 0 Å². The highest BCUT2D eigenvalue weighted by atomic mass is 16.2. The normalized spacial score (nSPS) is 10.7. The zero-order valence-corrected chi connectivity index (χ0v) is 10.9. The first-order chi connectivity index (χ1) is 7.97. The van der Waals surface area contributed by atoms with E-state index in [1.165, 1.54) is 0 Å². The van der Waals surface area contributed by atoms with E-state index in [9.17, 15) is 4.79 Å². The van der Waals surface area contributed by atoms with Gasteiger partial charge in [0.2, 0.25) is 5.91 Å². The van der Waals surface area contributed by atoms with Crippen LogP contribution in [0.15, 0.2) is 24.3 Å². The first-order valence-corrected chi connectivity index (χ1v) is 5.78. The van der Waals surface area contributed by atoms with Crippen molar-refractivity contribution in [3.05, 3.63) is 24.3 Å². The molecule has 94 valence electrons. The fourth-order valence-electron chi connectivity index (χ4n) is 1.47. The van der Waals surface area contributed by atoms with Crippen LogP contribution < -0.4 is 10.6 Å². The second-order valence-corrected chi connectivity index (χ2v) is 4.66. The van der Waals surface area contributed by atoms with Crippen LogP contribution in [0.1, 0.15) is 13.8 Å². The lowest BCUT2D eigenvalue weighted by Crippen LogP contribution is -2.27. The van der Waals surface area contributed by atoms with E-state index < -0.39 is 0 Å². The quantitative estimate of drug-likeness (QED) is 0.820.